The predicted octanol–water partition coefficient (Wildman–Crippen LogP) is 3.47. The number of hydrogen-bond donors (Lipinski definition) is 1. The highest BCUT2D eigenvalue weighted by molar-refractivity contribution is 5.94. The molecule has 0 fully saturated rings. The molecule has 0 spiro atoms. The SMILES string of the molecule is Cc1cccc(C(=O)NCc2ccc3ncccc3c2)c1. The number of pyridine rings is 1. The van der Waals surface area contributed by atoms with E-state index in [1.54, 1.807) is 6.20 Å². The number of nitrogens with one attached hydrogen (secondary N) is 1. The van der Waals surface area contributed by atoms with Crippen molar-refractivity contribution in [2.75, 3.05) is 0 Å². The van der Waals surface area contributed by atoms with Gasteiger partial charge in [-0.3, -0.25) is 9.78 Å². The van der Waals surface area contributed by atoms with Crippen molar-refractivity contribution in [1.82, 2.24) is 10.3 Å². The molecular weight excluding hydrogens is 260 g/mol. The van der Waals surface area contributed by atoms with Crippen LogP contribution in [0.25, 0.3) is 10.9 Å². The van der Waals surface area contributed by atoms with Crippen molar-refractivity contribution < 1.29 is 4.79 Å². The normalized spacial score (nSPS) is 10.5. The first-order valence-electron chi connectivity index (χ1n) is 6.91. The summed E-state index contributed by atoms with van der Waals surface area (Å²) < 4.78 is 0. The third kappa shape index (κ3) is 3.08. The smallest absolute Gasteiger partial charge is 0.251 e. The summed E-state index contributed by atoms with van der Waals surface area (Å²) in [6.07, 6.45) is 1.78. The van der Waals surface area contributed by atoms with E-state index in [4.69, 9.17) is 0 Å². The molecule has 0 aliphatic rings. The summed E-state index contributed by atoms with van der Waals surface area (Å²) in [6.45, 7) is 2.49. The minimum Gasteiger partial charge on any atom is -0.348 e. The predicted molar refractivity (Wildman–Crippen MR) is 84.1 cm³/mol. The second-order valence-electron chi connectivity index (χ2n) is 5.08. The Morgan fingerprint density at radius 3 is 2.86 bits per heavy atom. The van der Waals surface area contributed by atoms with Crippen molar-refractivity contribution in [1.29, 1.82) is 0 Å². The van der Waals surface area contributed by atoms with Crippen LogP contribution in [0, 0.1) is 6.92 Å². The maximum atomic E-state index is 12.1. The highest BCUT2D eigenvalue weighted by Gasteiger charge is 2.05. The summed E-state index contributed by atoms with van der Waals surface area (Å²) in [5.41, 5.74) is 3.81. The molecule has 0 radical (unpaired) electrons. The summed E-state index contributed by atoms with van der Waals surface area (Å²) in [4.78, 5) is 16.4. The van der Waals surface area contributed by atoms with Gasteiger partial charge in [-0.25, -0.2) is 0 Å². The monoisotopic (exact) mass is 276 g/mol. The van der Waals surface area contributed by atoms with Gasteiger partial charge in [0.2, 0.25) is 0 Å². The number of rotatable bonds is 3. The number of carbonyl (C=O) groups is 1. The Hall–Kier alpha value is -2.68. The Bertz CT molecular complexity index is 796. The second kappa shape index (κ2) is 5.75. The number of hydrogen-bond acceptors (Lipinski definition) is 2. The lowest BCUT2D eigenvalue weighted by atomic mass is 10.1. The van der Waals surface area contributed by atoms with Crippen LogP contribution in [0.4, 0.5) is 0 Å². The zero-order valence-corrected chi connectivity index (χ0v) is 11.8. The molecule has 1 heterocycles. The van der Waals surface area contributed by atoms with Crippen molar-refractivity contribution in [3.05, 3.63) is 77.5 Å². The molecule has 3 heteroatoms. The molecule has 0 aliphatic heterocycles. The standard InChI is InChI=1S/C18H16N2O/c1-13-4-2-5-16(10-13)18(21)20-12-14-7-8-17-15(11-14)6-3-9-19-17/h2-11H,12H2,1H3,(H,20,21). The molecule has 1 aromatic heterocycles. The maximum Gasteiger partial charge on any atom is 0.251 e. The van der Waals surface area contributed by atoms with Crippen LogP contribution in [-0.4, -0.2) is 10.9 Å². The van der Waals surface area contributed by atoms with E-state index >= 15 is 0 Å². The van der Waals surface area contributed by atoms with E-state index in [1.165, 1.54) is 0 Å². The van der Waals surface area contributed by atoms with E-state index in [9.17, 15) is 4.79 Å². The zero-order chi connectivity index (χ0) is 14.7. The van der Waals surface area contributed by atoms with Crippen molar-refractivity contribution in [3.8, 4) is 0 Å². The molecule has 2 aromatic carbocycles. The Balaban J connectivity index is 1.72. The molecule has 1 N–H and O–H groups in total. The van der Waals surface area contributed by atoms with Gasteiger partial charge in [-0.2, -0.15) is 0 Å². The largest absolute Gasteiger partial charge is 0.348 e. The van der Waals surface area contributed by atoms with Crippen LogP contribution in [0.1, 0.15) is 21.5 Å². The third-order valence-corrected chi connectivity index (χ3v) is 3.40. The van der Waals surface area contributed by atoms with Gasteiger partial charge in [0.15, 0.2) is 0 Å². The molecule has 0 saturated carbocycles. The average molecular weight is 276 g/mol. The van der Waals surface area contributed by atoms with Gasteiger partial charge in [-0.15, -0.1) is 0 Å². The molecule has 0 aliphatic carbocycles. The van der Waals surface area contributed by atoms with Crippen LogP contribution in [0.5, 0.6) is 0 Å². The topological polar surface area (TPSA) is 42.0 Å². The van der Waals surface area contributed by atoms with Gasteiger partial charge in [-0.05, 0) is 42.8 Å². The number of benzene rings is 2. The van der Waals surface area contributed by atoms with Crippen LogP contribution in [0.3, 0.4) is 0 Å². The van der Waals surface area contributed by atoms with Crippen molar-refractivity contribution in [2.45, 2.75) is 13.5 Å². The molecule has 1 amide bonds. The first-order chi connectivity index (χ1) is 10.2. The fourth-order valence-electron chi connectivity index (χ4n) is 2.31. The number of aryl methyl sites for hydroxylation is 1. The molecule has 0 atom stereocenters. The summed E-state index contributed by atoms with van der Waals surface area (Å²) in [5.74, 6) is -0.0509. The number of fused-ring (bicyclic) bond motifs is 1. The fourth-order valence-corrected chi connectivity index (χ4v) is 2.31. The molecule has 3 aromatic rings. The Morgan fingerprint density at radius 1 is 1.10 bits per heavy atom. The fraction of sp³-hybridized carbons (Fsp3) is 0.111. The van der Waals surface area contributed by atoms with Gasteiger partial charge in [0.1, 0.15) is 0 Å². The summed E-state index contributed by atoms with van der Waals surface area (Å²) in [6, 6.07) is 17.5. The minimum absolute atomic E-state index is 0.0509. The minimum atomic E-state index is -0.0509. The molecule has 0 unspecified atom stereocenters. The quantitative estimate of drug-likeness (QED) is 0.796. The summed E-state index contributed by atoms with van der Waals surface area (Å²) in [5, 5.41) is 4.03. The lowest BCUT2D eigenvalue weighted by Crippen LogP contribution is -2.22. The number of amides is 1. The van der Waals surface area contributed by atoms with Gasteiger partial charge in [0, 0.05) is 23.7 Å². The lowest BCUT2D eigenvalue weighted by Gasteiger charge is -2.07. The van der Waals surface area contributed by atoms with E-state index < -0.39 is 0 Å². The van der Waals surface area contributed by atoms with Crippen molar-refractivity contribution in [3.63, 3.8) is 0 Å². The van der Waals surface area contributed by atoms with Gasteiger partial charge >= 0.3 is 0 Å². The van der Waals surface area contributed by atoms with Crippen LogP contribution in [0.15, 0.2) is 60.8 Å². The number of aromatic nitrogens is 1. The first kappa shape index (κ1) is 13.3. The molecule has 0 bridgehead atoms. The molecule has 0 saturated heterocycles. The zero-order valence-electron chi connectivity index (χ0n) is 11.8. The van der Waals surface area contributed by atoms with Crippen LogP contribution >= 0.6 is 0 Å². The maximum absolute atomic E-state index is 12.1. The van der Waals surface area contributed by atoms with Crippen LogP contribution in [0.2, 0.25) is 0 Å². The van der Waals surface area contributed by atoms with Gasteiger partial charge < -0.3 is 5.32 Å². The Morgan fingerprint density at radius 2 is 2.00 bits per heavy atom. The van der Waals surface area contributed by atoms with Crippen LogP contribution < -0.4 is 5.32 Å². The average Bonchev–Trinajstić information content (AvgIpc) is 2.52. The van der Waals surface area contributed by atoms with E-state index in [1.807, 2.05) is 55.5 Å². The van der Waals surface area contributed by atoms with Crippen molar-refractivity contribution >= 4 is 16.8 Å². The highest BCUT2D eigenvalue weighted by atomic mass is 16.1. The lowest BCUT2D eigenvalue weighted by molar-refractivity contribution is 0.0951. The third-order valence-electron chi connectivity index (χ3n) is 3.40. The molecular formula is C18H16N2O. The first-order valence-corrected chi connectivity index (χ1v) is 6.91. The van der Waals surface area contributed by atoms with E-state index in [2.05, 4.69) is 16.4 Å². The Kier molecular flexibility index (Phi) is 3.65. The second-order valence-corrected chi connectivity index (χ2v) is 5.08. The van der Waals surface area contributed by atoms with E-state index in [-0.39, 0.29) is 5.91 Å². The van der Waals surface area contributed by atoms with Gasteiger partial charge in [-0.1, -0.05) is 29.8 Å². The molecule has 104 valence electrons. The highest BCUT2D eigenvalue weighted by Crippen LogP contribution is 2.13. The summed E-state index contributed by atoms with van der Waals surface area (Å²) >= 11 is 0. The van der Waals surface area contributed by atoms with Crippen molar-refractivity contribution in [2.24, 2.45) is 0 Å². The number of carbonyl (C=O) groups excluding carboxylic acids is 1. The molecule has 3 nitrogen and oxygen atoms in total. The molecule has 3 rings (SSSR count). The number of nitrogens with zero attached hydrogens (tertiary/aromatic N) is 1. The van der Waals surface area contributed by atoms with E-state index in [0.717, 1.165) is 22.0 Å². The van der Waals surface area contributed by atoms with Gasteiger partial charge in [0.25, 0.3) is 5.91 Å². The van der Waals surface area contributed by atoms with E-state index in [0.29, 0.717) is 12.1 Å². The summed E-state index contributed by atoms with van der Waals surface area (Å²) in [7, 11) is 0. The Labute approximate surface area is 123 Å². The molecule has 21 heavy (non-hydrogen) atoms. The van der Waals surface area contributed by atoms with Crippen LogP contribution in [-0.2, 0) is 6.54 Å². The van der Waals surface area contributed by atoms with Gasteiger partial charge in [0.05, 0.1) is 5.52 Å².